The smallest absolute Gasteiger partial charge is 0.119 e. The molecule has 1 aromatic heterocycles. The van der Waals surface area contributed by atoms with Crippen molar-refractivity contribution < 1.29 is 4.74 Å². The van der Waals surface area contributed by atoms with E-state index in [1.165, 1.54) is 5.57 Å². The second kappa shape index (κ2) is 6.06. The Balaban J connectivity index is 1.89. The highest BCUT2D eigenvalue weighted by Gasteiger charge is 2.08. The Bertz CT molecular complexity index is 809. The van der Waals surface area contributed by atoms with Crippen molar-refractivity contribution in [2.45, 2.75) is 20.8 Å². The van der Waals surface area contributed by atoms with Crippen LogP contribution < -0.4 is 4.74 Å². The molecule has 0 aliphatic rings. The monoisotopic (exact) mass is 292 g/mol. The fourth-order valence-electron chi connectivity index (χ4n) is 2.47. The zero-order chi connectivity index (χ0) is 15.5. The summed E-state index contributed by atoms with van der Waals surface area (Å²) in [6, 6.07) is 16.3. The number of para-hydroxylation sites is 2. The van der Waals surface area contributed by atoms with Crippen LogP contribution in [-0.2, 0) is 0 Å². The van der Waals surface area contributed by atoms with E-state index in [-0.39, 0.29) is 0 Å². The number of aromatic nitrogens is 2. The summed E-state index contributed by atoms with van der Waals surface area (Å²) >= 11 is 0. The van der Waals surface area contributed by atoms with Gasteiger partial charge in [0.25, 0.3) is 0 Å². The molecule has 2 aromatic carbocycles. The fourth-order valence-corrected chi connectivity index (χ4v) is 2.47. The minimum atomic E-state index is 0.606. The predicted octanol–water partition coefficient (Wildman–Crippen LogP) is 4.68. The Hall–Kier alpha value is -2.55. The van der Waals surface area contributed by atoms with Crippen LogP contribution >= 0.6 is 0 Å². The predicted molar refractivity (Wildman–Crippen MR) is 90.7 cm³/mol. The van der Waals surface area contributed by atoms with Gasteiger partial charge >= 0.3 is 0 Å². The van der Waals surface area contributed by atoms with Gasteiger partial charge in [-0.1, -0.05) is 17.7 Å². The first-order chi connectivity index (χ1) is 10.6. The quantitative estimate of drug-likeness (QED) is 0.653. The molecule has 112 valence electrons. The first-order valence-corrected chi connectivity index (χ1v) is 7.46. The van der Waals surface area contributed by atoms with E-state index >= 15 is 0 Å². The lowest BCUT2D eigenvalue weighted by Crippen LogP contribution is -1.98. The molecule has 0 spiro atoms. The van der Waals surface area contributed by atoms with Gasteiger partial charge in [0.05, 0.1) is 11.0 Å². The molecule has 0 radical (unpaired) electrons. The second-order valence-electron chi connectivity index (χ2n) is 5.57. The van der Waals surface area contributed by atoms with E-state index in [0.29, 0.717) is 6.61 Å². The molecular weight excluding hydrogens is 272 g/mol. The number of fused-ring (bicyclic) bond motifs is 1. The van der Waals surface area contributed by atoms with Crippen molar-refractivity contribution in [2.75, 3.05) is 6.61 Å². The van der Waals surface area contributed by atoms with Crippen LogP contribution in [0.25, 0.3) is 16.7 Å². The third kappa shape index (κ3) is 2.89. The van der Waals surface area contributed by atoms with Crippen molar-refractivity contribution in [2.24, 2.45) is 0 Å². The van der Waals surface area contributed by atoms with Gasteiger partial charge in [0.15, 0.2) is 0 Å². The first-order valence-electron chi connectivity index (χ1n) is 7.46. The molecule has 0 aliphatic carbocycles. The molecule has 0 N–H and O–H groups in total. The zero-order valence-electron chi connectivity index (χ0n) is 13.2. The van der Waals surface area contributed by atoms with E-state index in [0.717, 1.165) is 28.3 Å². The maximum Gasteiger partial charge on any atom is 0.119 e. The average Bonchev–Trinajstić information content (AvgIpc) is 2.83. The Kier molecular flexibility index (Phi) is 3.96. The lowest BCUT2D eigenvalue weighted by atomic mass is 10.2. The third-order valence-electron chi connectivity index (χ3n) is 3.56. The number of aryl methyl sites for hydroxylation is 1. The standard InChI is InChI=1S/C19H20N2O/c1-14(2)12-13-22-17-10-8-16(9-11-17)21-15(3)20-18-6-4-5-7-19(18)21/h4-12H,13H2,1-3H3. The van der Waals surface area contributed by atoms with Crippen LogP contribution in [0, 0.1) is 6.92 Å². The number of allylic oxidation sites excluding steroid dienone is 1. The molecular formula is C19H20N2O. The summed E-state index contributed by atoms with van der Waals surface area (Å²) in [5, 5.41) is 0. The summed E-state index contributed by atoms with van der Waals surface area (Å²) in [6.07, 6.45) is 2.07. The van der Waals surface area contributed by atoms with Gasteiger partial charge in [-0.25, -0.2) is 4.98 Å². The van der Waals surface area contributed by atoms with Crippen LogP contribution in [0.3, 0.4) is 0 Å². The number of nitrogens with zero attached hydrogens (tertiary/aromatic N) is 2. The van der Waals surface area contributed by atoms with Gasteiger partial charge in [-0.3, -0.25) is 4.57 Å². The minimum absolute atomic E-state index is 0.606. The number of imidazole rings is 1. The van der Waals surface area contributed by atoms with Crippen molar-refractivity contribution in [1.82, 2.24) is 9.55 Å². The molecule has 0 unspecified atom stereocenters. The van der Waals surface area contributed by atoms with Crippen LogP contribution in [0.15, 0.2) is 60.2 Å². The molecule has 3 nitrogen and oxygen atoms in total. The van der Waals surface area contributed by atoms with Gasteiger partial charge in [0.2, 0.25) is 0 Å². The van der Waals surface area contributed by atoms with E-state index in [4.69, 9.17) is 4.74 Å². The van der Waals surface area contributed by atoms with Crippen LogP contribution in [0.1, 0.15) is 19.7 Å². The largest absolute Gasteiger partial charge is 0.490 e. The number of rotatable bonds is 4. The SMILES string of the molecule is CC(C)=CCOc1ccc(-n2c(C)nc3ccccc32)cc1. The Morgan fingerprint density at radius 1 is 1.09 bits per heavy atom. The molecule has 0 atom stereocenters. The molecule has 3 heteroatoms. The molecule has 0 amide bonds. The van der Waals surface area contributed by atoms with Gasteiger partial charge in [0, 0.05) is 5.69 Å². The molecule has 3 rings (SSSR count). The molecule has 22 heavy (non-hydrogen) atoms. The highest BCUT2D eigenvalue weighted by molar-refractivity contribution is 5.78. The topological polar surface area (TPSA) is 27.1 Å². The van der Waals surface area contributed by atoms with Crippen molar-refractivity contribution in [1.29, 1.82) is 0 Å². The second-order valence-corrected chi connectivity index (χ2v) is 5.57. The highest BCUT2D eigenvalue weighted by Crippen LogP contribution is 2.22. The molecule has 0 saturated carbocycles. The molecule has 0 bridgehead atoms. The van der Waals surface area contributed by atoms with Crippen LogP contribution in [0.5, 0.6) is 5.75 Å². The van der Waals surface area contributed by atoms with Crippen molar-refractivity contribution in [3.63, 3.8) is 0 Å². The summed E-state index contributed by atoms with van der Waals surface area (Å²) in [5.41, 5.74) is 4.50. The lowest BCUT2D eigenvalue weighted by molar-refractivity contribution is 0.362. The van der Waals surface area contributed by atoms with E-state index in [9.17, 15) is 0 Å². The lowest BCUT2D eigenvalue weighted by Gasteiger charge is -2.09. The molecule has 3 aromatic rings. The number of ether oxygens (including phenoxy) is 1. The van der Waals surface area contributed by atoms with Crippen molar-refractivity contribution in [3.8, 4) is 11.4 Å². The van der Waals surface area contributed by atoms with Gasteiger partial charge in [0.1, 0.15) is 18.2 Å². The maximum atomic E-state index is 5.71. The minimum Gasteiger partial charge on any atom is -0.490 e. The van der Waals surface area contributed by atoms with Crippen LogP contribution in [-0.4, -0.2) is 16.2 Å². The van der Waals surface area contributed by atoms with E-state index in [2.05, 4.69) is 47.7 Å². The number of hydrogen-bond donors (Lipinski definition) is 0. The molecule has 0 saturated heterocycles. The van der Waals surface area contributed by atoms with E-state index in [1.807, 2.05) is 37.3 Å². The molecule has 0 fully saturated rings. The van der Waals surface area contributed by atoms with Gasteiger partial charge in [-0.15, -0.1) is 0 Å². The maximum absolute atomic E-state index is 5.71. The molecule has 0 aliphatic heterocycles. The Morgan fingerprint density at radius 2 is 1.82 bits per heavy atom. The van der Waals surface area contributed by atoms with Crippen LogP contribution in [0.4, 0.5) is 0 Å². The van der Waals surface area contributed by atoms with Gasteiger partial charge in [-0.05, 0) is 63.2 Å². The number of benzene rings is 2. The fraction of sp³-hybridized carbons (Fsp3) is 0.211. The molecule has 1 heterocycles. The van der Waals surface area contributed by atoms with E-state index in [1.54, 1.807) is 0 Å². The summed E-state index contributed by atoms with van der Waals surface area (Å²) in [6.45, 7) is 6.77. The third-order valence-corrected chi connectivity index (χ3v) is 3.56. The summed E-state index contributed by atoms with van der Waals surface area (Å²) < 4.78 is 7.87. The van der Waals surface area contributed by atoms with Crippen LogP contribution in [0.2, 0.25) is 0 Å². The van der Waals surface area contributed by atoms with E-state index < -0.39 is 0 Å². The summed E-state index contributed by atoms with van der Waals surface area (Å²) in [7, 11) is 0. The van der Waals surface area contributed by atoms with Gasteiger partial charge in [-0.2, -0.15) is 0 Å². The number of hydrogen-bond acceptors (Lipinski definition) is 2. The summed E-state index contributed by atoms with van der Waals surface area (Å²) in [5.74, 6) is 1.86. The average molecular weight is 292 g/mol. The van der Waals surface area contributed by atoms with Crippen molar-refractivity contribution >= 4 is 11.0 Å². The normalized spacial score (nSPS) is 10.7. The first kappa shape index (κ1) is 14.4. The Morgan fingerprint density at radius 3 is 2.55 bits per heavy atom. The van der Waals surface area contributed by atoms with Gasteiger partial charge < -0.3 is 4.74 Å². The van der Waals surface area contributed by atoms with Crippen molar-refractivity contribution in [3.05, 3.63) is 66.0 Å². The zero-order valence-corrected chi connectivity index (χ0v) is 13.2. The highest BCUT2D eigenvalue weighted by atomic mass is 16.5. The Labute approximate surface area is 130 Å². The summed E-state index contributed by atoms with van der Waals surface area (Å²) in [4.78, 5) is 4.60.